The Bertz CT molecular complexity index is 574. The number of aliphatic imine (C=N–C) groups is 1. The van der Waals surface area contributed by atoms with E-state index in [0.29, 0.717) is 13.1 Å². The molecule has 2 bridgehead atoms. The molecule has 7 heteroatoms. The first-order valence-corrected chi connectivity index (χ1v) is 10.3. The van der Waals surface area contributed by atoms with Crippen LogP contribution < -0.4 is 10.6 Å². The minimum atomic E-state index is -0.111. The number of hydrogen-bond acceptors (Lipinski definition) is 4. The summed E-state index contributed by atoms with van der Waals surface area (Å²) in [7, 11) is 0. The number of guanidine groups is 1. The average Bonchev–Trinajstić information content (AvgIpc) is 3.34. The molecule has 3 aliphatic rings. The fraction of sp³-hybridized carbons (Fsp3) is 0.750. The van der Waals surface area contributed by atoms with E-state index in [9.17, 15) is 9.59 Å². The van der Waals surface area contributed by atoms with Gasteiger partial charge in [0, 0.05) is 39.4 Å². The number of amides is 2. The highest BCUT2D eigenvalue weighted by Gasteiger charge is 2.58. The van der Waals surface area contributed by atoms with E-state index in [4.69, 9.17) is 4.74 Å². The Morgan fingerprint density at radius 2 is 1.85 bits per heavy atom. The SMILES string of the molecule is CCNC(=NCCCCOCC)NCCN1C(=O)C2C3C=CC(C3)C2C1=O. The van der Waals surface area contributed by atoms with Crippen LogP contribution in [0.15, 0.2) is 17.1 Å². The number of imide groups is 1. The largest absolute Gasteiger partial charge is 0.382 e. The summed E-state index contributed by atoms with van der Waals surface area (Å²) in [6.07, 6.45) is 7.19. The molecule has 1 heterocycles. The Balaban J connectivity index is 1.43. The first-order chi connectivity index (χ1) is 13.2. The molecule has 1 aliphatic heterocycles. The zero-order valence-corrected chi connectivity index (χ0v) is 16.4. The molecule has 2 N–H and O–H groups in total. The van der Waals surface area contributed by atoms with E-state index in [1.54, 1.807) is 0 Å². The maximum absolute atomic E-state index is 12.7. The van der Waals surface area contributed by atoms with Gasteiger partial charge in [-0.2, -0.15) is 0 Å². The summed E-state index contributed by atoms with van der Waals surface area (Å²) in [4.78, 5) is 31.3. The van der Waals surface area contributed by atoms with Crippen molar-refractivity contribution in [2.24, 2.45) is 28.7 Å². The molecule has 2 amide bonds. The predicted molar refractivity (Wildman–Crippen MR) is 104 cm³/mol. The van der Waals surface area contributed by atoms with E-state index in [1.807, 2.05) is 13.8 Å². The van der Waals surface area contributed by atoms with Crippen LogP contribution in [-0.2, 0) is 14.3 Å². The Labute approximate surface area is 161 Å². The first-order valence-electron chi connectivity index (χ1n) is 10.3. The van der Waals surface area contributed by atoms with Crippen LogP contribution in [0.25, 0.3) is 0 Å². The quantitative estimate of drug-likeness (QED) is 0.197. The van der Waals surface area contributed by atoms with Crippen molar-refractivity contribution in [1.82, 2.24) is 15.5 Å². The van der Waals surface area contributed by atoms with Crippen LogP contribution in [0.3, 0.4) is 0 Å². The molecule has 1 saturated carbocycles. The lowest BCUT2D eigenvalue weighted by atomic mass is 9.85. The number of unbranched alkanes of at least 4 members (excludes halogenated alkanes) is 1. The van der Waals surface area contributed by atoms with E-state index in [-0.39, 0.29) is 35.5 Å². The number of nitrogens with one attached hydrogen (secondary N) is 2. The number of carbonyl (C=O) groups excluding carboxylic acids is 2. The van der Waals surface area contributed by atoms with Gasteiger partial charge in [0.05, 0.1) is 11.8 Å². The summed E-state index contributed by atoms with van der Waals surface area (Å²) in [5, 5.41) is 6.45. The molecule has 4 unspecified atom stereocenters. The number of allylic oxidation sites excluding steroid dienone is 2. The minimum absolute atomic E-state index is 0.0153. The molecule has 0 aromatic carbocycles. The average molecular weight is 377 g/mol. The van der Waals surface area contributed by atoms with Gasteiger partial charge in [-0.1, -0.05) is 12.2 Å². The number of carbonyl (C=O) groups is 2. The van der Waals surface area contributed by atoms with Crippen molar-refractivity contribution in [2.75, 3.05) is 39.4 Å². The second-order valence-corrected chi connectivity index (χ2v) is 7.42. The van der Waals surface area contributed by atoms with Gasteiger partial charge in [-0.05, 0) is 44.9 Å². The Hall–Kier alpha value is -1.89. The molecule has 150 valence electrons. The monoisotopic (exact) mass is 376 g/mol. The zero-order chi connectivity index (χ0) is 19.2. The number of rotatable bonds is 10. The van der Waals surface area contributed by atoms with Crippen molar-refractivity contribution >= 4 is 17.8 Å². The molecule has 1 saturated heterocycles. The van der Waals surface area contributed by atoms with Gasteiger partial charge in [0.15, 0.2) is 5.96 Å². The molecule has 0 spiro atoms. The van der Waals surface area contributed by atoms with Crippen molar-refractivity contribution < 1.29 is 14.3 Å². The predicted octanol–water partition coefficient (Wildman–Crippen LogP) is 1.17. The fourth-order valence-electron chi connectivity index (χ4n) is 4.46. The third-order valence-electron chi connectivity index (χ3n) is 5.70. The van der Waals surface area contributed by atoms with Crippen LogP contribution in [-0.4, -0.2) is 62.1 Å². The number of fused-ring (bicyclic) bond motifs is 5. The standard InChI is InChI=1S/C20H32N4O3/c1-3-21-20(22-9-5-6-12-27-4-2)23-10-11-24-18(25)16-14-7-8-15(13-14)17(16)19(24)26/h7-8,14-17H,3-6,9-13H2,1-2H3,(H2,21,22,23). The zero-order valence-electron chi connectivity index (χ0n) is 16.4. The van der Waals surface area contributed by atoms with Crippen LogP contribution in [0, 0.1) is 23.7 Å². The maximum atomic E-state index is 12.7. The number of likely N-dealkylation sites (tertiary alicyclic amines) is 1. The van der Waals surface area contributed by atoms with E-state index in [1.165, 1.54) is 4.90 Å². The summed E-state index contributed by atoms with van der Waals surface area (Å²) < 4.78 is 5.33. The van der Waals surface area contributed by atoms with E-state index in [0.717, 1.165) is 51.5 Å². The minimum Gasteiger partial charge on any atom is -0.382 e. The lowest BCUT2D eigenvalue weighted by Gasteiger charge is -2.18. The van der Waals surface area contributed by atoms with Crippen LogP contribution in [0.2, 0.25) is 0 Å². The van der Waals surface area contributed by atoms with Crippen molar-refractivity contribution in [3.63, 3.8) is 0 Å². The summed E-state index contributed by atoms with van der Waals surface area (Å²) in [6.45, 7) is 7.95. The molecule has 0 aromatic rings. The summed E-state index contributed by atoms with van der Waals surface area (Å²) in [5.41, 5.74) is 0. The Morgan fingerprint density at radius 3 is 2.48 bits per heavy atom. The maximum Gasteiger partial charge on any atom is 0.233 e. The molecule has 0 aromatic heterocycles. The van der Waals surface area contributed by atoms with Gasteiger partial charge in [0.25, 0.3) is 0 Å². The molecule has 7 nitrogen and oxygen atoms in total. The summed E-state index contributed by atoms with van der Waals surface area (Å²) in [6, 6.07) is 0. The molecule has 4 atom stereocenters. The summed E-state index contributed by atoms with van der Waals surface area (Å²) >= 11 is 0. The smallest absolute Gasteiger partial charge is 0.233 e. The van der Waals surface area contributed by atoms with Crippen molar-refractivity contribution in [2.45, 2.75) is 33.1 Å². The normalized spacial score (nSPS) is 29.0. The van der Waals surface area contributed by atoms with Gasteiger partial charge >= 0.3 is 0 Å². The third kappa shape index (κ3) is 4.34. The van der Waals surface area contributed by atoms with E-state index in [2.05, 4.69) is 27.8 Å². The molecule has 3 rings (SSSR count). The molecular weight excluding hydrogens is 344 g/mol. The fourth-order valence-corrected chi connectivity index (χ4v) is 4.46. The molecule has 2 fully saturated rings. The van der Waals surface area contributed by atoms with Gasteiger partial charge in [-0.15, -0.1) is 0 Å². The first kappa shape index (κ1) is 19.9. The van der Waals surface area contributed by atoms with Crippen molar-refractivity contribution in [1.29, 1.82) is 0 Å². The second-order valence-electron chi connectivity index (χ2n) is 7.42. The third-order valence-corrected chi connectivity index (χ3v) is 5.70. The second kappa shape index (κ2) is 9.35. The van der Waals surface area contributed by atoms with Gasteiger partial charge < -0.3 is 15.4 Å². The molecule has 27 heavy (non-hydrogen) atoms. The van der Waals surface area contributed by atoms with Gasteiger partial charge in [0.2, 0.25) is 11.8 Å². The van der Waals surface area contributed by atoms with E-state index >= 15 is 0 Å². The number of ether oxygens (including phenoxy) is 1. The lowest BCUT2D eigenvalue weighted by molar-refractivity contribution is -0.140. The molecule has 0 radical (unpaired) electrons. The number of nitrogens with zero attached hydrogens (tertiary/aromatic N) is 2. The van der Waals surface area contributed by atoms with Crippen LogP contribution in [0.4, 0.5) is 0 Å². The Morgan fingerprint density at radius 1 is 1.15 bits per heavy atom. The van der Waals surface area contributed by atoms with Crippen LogP contribution in [0.5, 0.6) is 0 Å². The van der Waals surface area contributed by atoms with Gasteiger partial charge in [-0.3, -0.25) is 19.5 Å². The molecule has 2 aliphatic carbocycles. The topological polar surface area (TPSA) is 83.0 Å². The van der Waals surface area contributed by atoms with Crippen molar-refractivity contribution in [3.8, 4) is 0 Å². The summed E-state index contributed by atoms with van der Waals surface area (Å²) in [5.74, 6) is 1.08. The van der Waals surface area contributed by atoms with Crippen LogP contribution >= 0.6 is 0 Å². The van der Waals surface area contributed by atoms with Crippen molar-refractivity contribution in [3.05, 3.63) is 12.2 Å². The lowest BCUT2D eigenvalue weighted by Crippen LogP contribution is -2.43. The highest BCUT2D eigenvalue weighted by molar-refractivity contribution is 6.06. The Kier molecular flexibility index (Phi) is 6.88. The van der Waals surface area contributed by atoms with Gasteiger partial charge in [0.1, 0.15) is 0 Å². The highest BCUT2D eigenvalue weighted by atomic mass is 16.5. The molecular formula is C20H32N4O3. The van der Waals surface area contributed by atoms with E-state index < -0.39 is 0 Å². The number of hydrogen-bond donors (Lipinski definition) is 2. The van der Waals surface area contributed by atoms with Crippen LogP contribution in [0.1, 0.15) is 33.1 Å². The highest BCUT2D eigenvalue weighted by Crippen LogP contribution is 2.52. The van der Waals surface area contributed by atoms with Gasteiger partial charge in [-0.25, -0.2) is 0 Å².